The molecule has 0 aliphatic carbocycles. The number of carboxylic acids is 2. The number of nitrogens with one attached hydrogen (secondary N) is 1. The highest BCUT2D eigenvalue weighted by Crippen LogP contribution is 2.25. The minimum atomic E-state index is -5.08. The van der Waals surface area contributed by atoms with Crippen LogP contribution in [0.2, 0.25) is 0 Å². The van der Waals surface area contributed by atoms with Crippen LogP contribution < -0.4 is 10.2 Å². The van der Waals surface area contributed by atoms with Crippen LogP contribution in [0, 0.1) is 0 Å². The van der Waals surface area contributed by atoms with E-state index in [4.69, 9.17) is 9.90 Å². The molecule has 12 heteroatoms. The molecular weight excluding hydrogens is 451 g/mol. The van der Waals surface area contributed by atoms with Gasteiger partial charge < -0.3 is 25.3 Å². The summed E-state index contributed by atoms with van der Waals surface area (Å²) in [6.07, 6.45) is -5.08. The molecule has 32 heavy (non-hydrogen) atoms. The second-order valence-corrected chi connectivity index (χ2v) is 7.60. The number of amides is 1. The molecule has 176 valence electrons. The van der Waals surface area contributed by atoms with Crippen molar-refractivity contribution in [2.75, 3.05) is 43.9 Å². The Hall–Kier alpha value is -3.12. The number of carbonyl (C=O) groups is 3. The average Bonchev–Trinajstić information content (AvgIpc) is 3.23. The number of rotatable bonds is 8. The molecule has 0 radical (unpaired) electrons. The number of hydrogen-bond donors (Lipinski definition) is 3. The first-order chi connectivity index (χ1) is 14.9. The lowest BCUT2D eigenvalue weighted by molar-refractivity contribution is -0.192. The number of nitrogens with zero attached hydrogens (tertiary/aromatic N) is 2. The fraction of sp³-hybridized carbons (Fsp3) is 0.350. The van der Waals surface area contributed by atoms with Gasteiger partial charge in [0.05, 0.1) is 16.1 Å². The molecule has 0 saturated carbocycles. The fourth-order valence-corrected chi connectivity index (χ4v) is 3.05. The van der Waals surface area contributed by atoms with Crippen LogP contribution in [-0.4, -0.2) is 72.9 Å². The molecule has 3 N–H and O–H groups in total. The molecule has 0 spiro atoms. The first-order valence-corrected chi connectivity index (χ1v) is 10.2. The van der Waals surface area contributed by atoms with Crippen molar-refractivity contribution in [3.8, 4) is 0 Å². The number of thiophene rings is 1. The number of anilines is 2. The Morgan fingerprint density at radius 3 is 2.16 bits per heavy atom. The molecule has 0 aliphatic rings. The van der Waals surface area contributed by atoms with Crippen LogP contribution in [0.1, 0.15) is 27.0 Å². The Morgan fingerprint density at radius 2 is 1.72 bits per heavy atom. The van der Waals surface area contributed by atoms with Crippen molar-refractivity contribution < 1.29 is 37.8 Å². The molecule has 0 atom stereocenters. The van der Waals surface area contributed by atoms with E-state index in [1.54, 1.807) is 24.3 Å². The fourth-order valence-electron chi connectivity index (χ4n) is 2.43. The third-order valence-electron chi connectivity index (χ3n) is 4.01. The molecule has 0 aliphatic heterocycles. The third-order valence-corrected chi connectivity index (χ3v) is 4.88. The van der Waals surface area contributed by atoms with E-state index in [0.29, 0.717) is 22.8 Å². The number of aliphatic carboxylic acids is 1. The van der Waals surface area contributed by atoms with E-state index in [0.717, 1.165) is 13.1 Å². The zero-order chi connectivity index (χ0) is 24.5. The number of likely N-dealkylation sites (N-methyl/N-ethyl adjacent to an activating group) is 2. The summed E-state index contributed by atoms with van der Waals surface area (Å²) >= 11 is 1.34. The van der Waals surface area contributed by atoms with Crippen LogP contribution in [0.15, 0.2) is 35.7 Å². The molecule has 2 aromatic rings. The molecule has 1 aromatic heterocycles. The van der Waals surface area contributed by atoms with Gasteiger partial charge in [0.1, 0.15) is 0 Å². The number of aromatic carboxylic acids is 1. The minimum Gasteiger partial charge on any atom is -0.478 e. The maximum absolute atomic E-state index is 12.1. The number of hydrogen-bond acceptors (Lipinski definition) is 6. The van der Waals surface area contributed by atoms with Gasteiger partial charge in [0.25, 0.3) is 5.91 Å². The molecule has 1 amide bonds. The van der Waals surface area contributed by atoms with E-state index in [2.05, 4.69) is 10.2 Å². The van der Waals surface area contributed by atoms with Gasteiger partial charge in [-0.15, -0.1) is 11.3 Å². The van der Waals surface area contributed by atoms with Crippen LogP contribution >= 0.6 is 11.3 Å². The summed E-state index contributed by atoms with van der Waals surface area (Å²) in [6, 6.07) is 8.54. The summed E-state index contributed by atoms with van der Waals surface area (Å²) in [6.45, 7) is 4.25. The molecule has 1 aromatic carbocycles. The molecule has 0 fully saturated rings. The highest BCUT2D eigenvalue weighted by atomic mass is 32.1. The van der Waals surface area contributed by atoms with Crippen LogP contribution in [0.5, 0.6) is 0 Å². The maximum atomic E-state index is 12.1. The van der Waals surface area contributed by atoms with E-state index in [9.17, 15) is 27.9 Å². The minimum absolute atomic E-state index is 0.185. The van der Waals surface area contributed by atoms with Crippen LogP contribution in [0.25, 0.3) is 0 Å². The Bertz CT molecular complexity index is 918. The van der Waals surface area contributed by atoms with Gasteiger partial charge in [-0.1, -0.05) is 6.07 Å². The van der Waals surface area contributed by atoms with Gasteiger partial charge in [-0.2, -0.15) is 13.2 Å². The second kappa shape index (κ2) is 12.1. The van der Waals surface area contributed by atoms with Crippen molar-refractivity contribution in [2.24, 2.45) is 0 Å². The maximum Gasteiger partial charge on any atom is 0.490 e. The van der Waals surface area contributed by atoms with Crippen molar-refractivity contribution in [3.63, 3.8) is 0 Å². The number of carboxylic acid groups (broad SMARTS) is 2. The smallest absolute Gasteiger partial charge is 0.478 e. The zero-order valence-corrected chi connectivity index (χ0v) is 18.5. The molecule has 0 bridgehead atoms. The number of carbonyl (C=O) groups excluding carboxylic acids is 1. The number of alkyl halides is 3. The summed E-state index contributed by atoms with van der Waals surface area (Å²) in [7, 11) is 3.96. The van der Waals surface area contributed by atoms with Crippen molar-refractivity contribution >= 4 is 40.6 Å². The molecule has 1 heterocycles. The normalized spacial score (nSPS) is 10.8. The van der Waals surface area contributed by atoms with E-state index >= 15 is 0 Å². The summed E-state index contributed by atoms with van der Waals surface area (Å²) < 4.78 is 31.7. The van der Waals surface area contributed by atoms with E-state index in [1.165, 1.54) is 17.4 Å². The van der Waals surface area contributed by atoms with Gasteiger partial charge in [0.15, 0.2) is 0 Å². The lowest BCUT2D eigenvalue weighted by atomic mass is 10.1. The first-order valence-electron chi connectivity index (χ1n) is 9.28. The average molecular weight is 475 g/mol. The lowest BCUT2D eigenvalue weighted by Crippen LogP contribution is -2.32. The number of halogens is 3. The Morgan fingerprint density at radius 1 is 1.09 bits per heavy atom. The van der Waals surface area contributed by atoms with Crippen molar-refractivity contribution in [1.82, 2.24) is 4.90 Å². The molecule has 8 nitrogen and oxygen atoms in total. The van der Waals surface area contributed by atoms with Crippen LogP contribution in [-0.2, 0) is 4.79 Å². The summed E-state index contributed by atoms with van der Waals surface area (Å²) in [5, 5.41) is 21.3. The van der Waals surface area contributed by atoms with E-state index in [-0.39, 0.29) is 11.5 Å². The quantitative estimate of drug-likeness (QED) is 0.534. The summed E-state index contributed by atoms with van der Waals surface area (Å²) in [4.78, 5) is 37.4. The summed E-state index contributed by atoms with van der Waals surface area (Å²) in [5.74, 6) is -4.00. The monoisotopic (exact) mass is 475 g/mol. The highest BCUT2D eigenvalue weighted by molar-refractivity contribution is 7.12. The van der Waals surface area contributed by atoms with Crippen molar-refractivity contribution in [2.45, 2.75) is 13.1 Å². The molecular formula is C20H24F3N3O5S. The predicted molar refractivity (Wildman–Crippen MR) is 116 cm³/mol. The first kappa shape index (κ1) is 26.9. The van der Waals surface area contributed by atoms with Gasteiger partial charge in [0, 0.05) is 25.3 Å². The van der Waals surface area contributed by atoms with Gasteiger partial charge in [-0.05, 0) is 50.7 Å². The largest absolute Gasteiger partial charge is 0.490 e. The Kier molecular flexibility index (Phi) is 10.1. The topological polar surface area (TPSA) is 110 Å². The zero-order valence-electron chi connectivity index (χ0n) is 17.6. The lowest BCUT2D eigenvalue weighted by Gasteiger charge is -2.26. The second-order valence-electron chi connectivity index (χ2n) is 6.65. The standard InChI is InChI=1S/C18H23N3O3S.C2HF3O2/c1-4-21(10-9-20(2)3)15-8-7-13(12-14(15)18(23)24)19-17(22)16-6-5-11-25-16;3-2(4,5)1(6)7/h5-8,11-12H,4,9-10H2,1-3H3,(H,19,22)(H,23,24);(H,6,7). The van der Waals surface area contributed by atoms with Crippen molar-refractivity contribution in [3.05, 3.63) is 46.2 Å². The highest BCUT2D eigenvalue weighted by Gasteiger charge is 2.38. The van der Waals surface area contributed by atoms with E-state index in [1.807, 2.05) is 31.3 Å². The van der Waals surface area contributed by atoms with E-state index < -0.39 is 18.1 Å². The van der Waals surface area contributed by atoms with Gasteiger partial charge >= 0.3 is 18.1 Å². The third kappa shape index (κ3) is 8.55. The van der Waals surface area contributed by atoms with Gasteiger partial charge in [-0.25, -0.2) is 9.59 Å². The SMILES string of the molecule is CCN(CCN(C)C)c1ccc(NC(=O)c2cccs2)cc1C(=O)O.O=C(O)C(F)(F)F. The Balaban J connectivity index is 0.000000633. The van der Waals surface area contributed by atoms with Gasteiger partial charge in [-0.3, -0.25) is 4.79 Å². The van der Waals surface area contributed by atoms with Gasteiger partial charge in [0.2, 0.25) is 0 Å². The van der Waals surface area contributed by atoms with Crippen LogP contribution in [0.4, 0.5) is 24.5 Å². The molecule has 0 saturated heterocycles. The summed E-state index contributed by atoms with van der Waals surface area (Å²) in [5.41, 5.74) is 1.32. The molecule has 2 rings (SSSR count). The predicted octanol–water partition coefficient (Wildman–Crippen LogP) is 3.72. The van der Waals surface area contributed by atoms with Crippen molar-refractivity contribution in [1.29, 1.82) is 0 Å². The molecule has 0 unspecified atom stereocenters. The Labute approximate surface area is 186 Å². The van der Waals surface area contributed by atoms with Crippen LogP contribution in [0.3, 0.4) is 0 Å². The number of benzene rings is 1.